The highest BCUT2D eigenvalue weighted by Gasteiger charge is 2.37. The normalized spacial score (nSPS) is 18.7. The van der Waals surface area contributed by atoms with Crippen LogP contribution >= 0.6 is 0 Å². The average molecular weight is 352 g/mol. The maximum atomic E-state index is 11.8. The van der Waals surface area contributed by atoms with Crippen LogP contribution in [0.1, 0.15) is 41.1 Å². The molecule has 4 nitrogen and oxygen atoms in total. The molecule has 0 radical (unpaired) electrons. The van der Waals surface area contributed by atoms with Crippen LogP contribution in [0.2, 0.25) is 0 Å². The summed E-state index contributed by atoms with van der Waals surface area (Å²) < 4.78 is 0. The molecule has 0 spiro atoms. The van der Waals surface area contributed by atoms with E-state index in [-0.39, 0.29) is 6.04 Å². The van der Waals surface area contributed by atoms with Crippen molar-refractivity contribution >= 4 is 11.7 Å². The molecule has 0 saturated carbocycles. The lowest BCUT2D eigenvalue weighted by atomic mass is 9.92. The zero-order chi connectivity index (χ0) is 18.8. The van der Waals surface area contributed by atoms with E-state index in [0.717, 1.165) is 24.2 Å². The zero-order valence-corrected chi connectivity index (χ0v) is 16.1. The van der Waals surface area contributed by atoms with Crippen molar-refractivity contribution in [3.8, 4) is 0 Å². The first-order valence-corrected chi connectivity index (χ1v) is 9.21. The Morgan fingerprint density at radius 1 is 1.15 bits per heavy atom. The van der Waals surface area contributed by atoms with Crippen molar-refractivity contribution in [1.82, 2.24) is 4.90 Å². The molecule has 2 aromatic carbocycles. The molecule has 2 unspecified atom stereocenters. The van der Waals surface area contributed by atoms with Gasteiger partial charge in [-0.25, -0.2) is 0 Å². The highest BCUT2D eigenvalue weighted by Crippen LogP contribution is 2.37. The summed E-state index contributed by atoms with van der Waals surface area (Å²) in [4.78, 5) is 16.0. The third kappa shape index (κ3) is 3.61. The van der Waals surface area contributed by atoms with Crippen molar-refractivity contribution in [3.05, 3.63) is 64.7 Å². The monoisotopic (exact) mass is 352 g/mol. The first kappa shape index (κ1) is 18.5. The molecule has 3 rings (SSSR count). The lowest BCUT2D eigenvalue weighted by Crippen LogP contribution is -2.39. The van der Waals surface area contributed by atoms with Gasteiger partial charge >= 0.3 is 5.97 Å². The lowest BCUT2D eigenvalue weighted by Gasteiger charge is -2.33. The van der Waals surface area contributed by atoms with Gasteiger partial charge in [0.2, 0.25) is 0 Å². The van der Waals surface area contributed by atoms with Crippen LogP contribution in [0.3, 0.4) is 0 Å². The maximum absolute atomic E-state index is 11.8. The molecule has 2 aromatic rings. The number of carbonyl (C=O) groups is 1. The largest absolute Gasteiger partial charge is 0.480 e. The Kier molecular flexibility index (Phi) is 5.33. The van der Waals surface area contributed by atoms with Gasteiger partial charge in [0.05, 0.1) is 6.04 Å². The van der Waals surface area contributed by atoms with E-state index in [1.165, 1.54) is 16.7 Å². The van der Waals surface area contributed by atoms with E-state index < -0.39 is 12.0 Å². The molecule has 1 aliphatic heterocycles. The third-order valence-electron chi connectivity index (χ3n) is 5.36. The quantitative estimate of drug-likeness (QED) is 0.883. The summed E-state index contributed by atoms with van der Waals surface area (Å²) >= 11 is 0. The third-order valence-corrected chi connectivity index (χ3v) is 5.36. The SMILES string of the molecule is Cc1ccc(C(c2ccc(N(C)C)cc2)N2CCCC2C(=O)O)c(C)c1. The molecule has 1 heterocycles. The number of carboxylic acid groups (broad SMARTS) is 1. The van der Waals surface area contributed by atoms with Crippen molar-refractivity contribution < 1.29 is 9.90 Å². The van der Waals surface area contributed by atoms with Gasteiger partial charge in [0.15, 0.2) is 0 Å². The Hall–Kier alpha value is -2.33. The van der Waals surface area contributed by atoms with E-state index in [0.29, 0.717) is 6.42 Å². The van der Waals surface area contributed by atoms with Gasteiger partial charge in [-0.2, -0.15) is 0 Å². The van der Waals surface area contributed by atoms with Gasteiger partial charge in [-0.1, -0.05) is 35.9 Å². The maximum Gasteiger partial charge on any atom is 0.320 e. The molecule has 0 amide bonds. The van der Waals surface area contributed by atoms with Crippen LogP contribution in [0.5, 0.6) is 0 Å². The molecule has 4 heteroatoms. The predicted molar refractivity (Wildman–Crippen MR) is 106 cm³/mol. The van der Waals surface area contributed by atoms with Crippen LogP contribution in [-0.2, 0) is 4.79 Å². The second-order valence-corrected chi connectivity index (χ2v) is 7.48. The van der Waals surface area contributed by atoms with E-state index in [2.05, 4.69) is 66.1 Å². The predicted octanol–water partition coefficient (Wildman–Crippen LogP) is 4.01. The summed E-state index contributed by atoms with van der Waals surface area (Å²) in [5.74, 6) is -0.720. The van der Waals surface area contributed by atoms with E-state index in [1.807, 2.05) is 14.1 Å². The van der Waals surface area contributed by atoms with E-state index >= 15 is 0 Å². The van der Waals surface area contributed by atoms with E-state index in [1.54, 1.807) is 0 Å². The molecule has 1 fully saturated rings. The number of likely N-dealkylation sites (tertiary alicyclic amines) is 1. The highest BCUT2D eigenvalue weighted by molar-refractivity contribution is 5.74. The van der Waals surface area contributed by atoms with E-state index in [4.69, 9.17) is 0 Å². The smallest absolute Gasteiger partial charge is 0.320 e. The van der Waals surface area contributed by atoms with Crippen molar-refractivity contribution in [2.75, 3.05) is 25.5 Å². The summed E-state index contributed by atoms with van der Waals surface area (Å²) in [6, 6.07) is 14.5. The van der Waals surface area contributed by atoms with Gasteiger partial charge in [-0.3, -0.25) is 9.69 Å². The molecule has 1 saturated heterocycles. The average Bonchev–Trinajstić information content (AvgIpc) is 3.07. The van der Waals surface area contributed by atoms with E-state index in [9.17, 15) is 9.90 Å². The van der Waals surface area contributed by atoms with Crippen molar-refractivity contribution in [2.24, 2.45) is 0 Å². The lowest BCUT2D eigenvalue weighted by molar-refractivity contribution is -0.142. The van der Waals surface area contributed by atoms with Gasteiger partial charge in [-0.15, -0.1) is 0 Å². The highest BCUT2D eigenvalue weighted by atomic mass is 16.4. The van der Waals surface area contributed by atoms with Crippen LogP contribution in [0, 0.1) is 13.8 Å². The molecular weight excluding hydrogens is 324 g/mol. The Bertz CT molecular complexity index is 783. The zero-order valence-electron chi connectivity index (χ0n) is 16.1. The van der Waals surface area contributed by atoms with Gasteiger partial charge in [0.1, 0.15) is 6.04 Å². The van der Waals surface area contributed by atoms with Crippen LogP contribution in [0.25, 0.3) is 0 Å². The molecule has 138 valence electrons. The summed E-state index contributed by atoms with van der Waals surface area (Å²) in [5, 5.41) is 9.71. The van der Waals surface area contributed by atoms with Crippen molar-refractivity contribution in [1.29, 1.82) is 0 Å². The summed E-state index contributed by atoms with van der Waals surface area (Å²) in [6.07, 6.45) is 1.64. The number of anilines is 1. The summed E-state index contributed by atoms with van der Waals surface area (Å²) in [5.41, 5.74) is 5.92. The number of benzene rings is 2. The number of hydrogen-bond acceptors (Lipinski definition) is 3. The first-order chi connectivity index (χ1) is 12.4. The summed E-state index contributed by atoms with van der Waals surface area (Å²) in [6.45, 7) is 5.02. The number of rotatable bonds is 5. The fraction of sp³-hybridized carbons (Fsp3) is 0.409. The van der Waals surface area contributed by atoms with Crippen LogP contribution in [0.4, 0.5) is 5.69 Å². The molecule has 2 atom stereocenters. The van der Waals surface area contributed by atoms with Crippen LogP contribution in [-0.4, -0.2) is 42.7 Å². The van der Waals surface area contributed by atoms with Gasteiger partial charge in [0, 0.05) is 26.3 Å². The minimum Gasteiger partial charge on any atom is -0.480 e. The summed E-state index contributed by atoms with van der Waals surface area (Å²) in [7, 11) is 4.05. The first-order valence-electron chi connectivity index (χ1n) is 9.21. The van der Waals surface area contributed by atoms with Gasteiger partial charge in [-0.05, 0) is 55.5 Å². The van der Waals surface area contributed by atoms with Gasteiger partial charge in [0.25, 0.3) is 0 Å². The topological polar surface area (TPSA) is 43.8 Å². The number of aliphatic carboxylic acids is 1. The minimum atomic E-state index is -0.720. The Morgan fingerprint density at radius 3 is 2.42 bits per heavy atom. The molecular formula is C22H28N2O2. The second-order valence-electron chi connectivity index (χ2n) is 7.48. The molecule has 0 aliphatic carbocycles. The number of hydrogen-bond donors (Lipinski definition) is 1. The number of carboxylic acids is 1. The van der Waals surface area contributed by atoms with Crippen molar-refractivity contribution in [3.63, 3.8) is 0 Å². The molecule has 1 aliphatic rings. The standard InChI is InChI=1S/C22H28N2O2/c1-15-7-12-19(16(2)14-15)21(24-13-5-6-20(24)22(25)26)17-8-10-18(11-9-17)23(3)4/h7-12,14,20-21H,5-6,13H2,1-4H3,(H,25,26). The molecule has 0 bridgehead atoms. The Morgan fingerprint density at radius 2 is 1.85 bits per heavy atom. The Balaban J connectivity index is 2.08. The van der Waals surface area contributed by atoms with Gasteiger partial charge < -0.3 is 10.0 Å². The van der Waals surface area contributed by atoms with Crippen LogP contribution in [0.15, 0.2) is 42.5 Å². The number of aryl methyl sites for hydroxylation is 2. The Labute approximate surface area is 156 Å². The molecule has 0 aromatic heterocycles. The molecule has 1 N–H and O–H groups in total. The molecule has 26 heavy (non-hydrogen) atoms. The van der Waals surface area contributed by atoms with Crippen LogP contribution < -0.4 is 4.90 Å². The fourth-order valence-electron chi connectivity index (χ4n) is 4.00. The second kappa shape index (κ2) is 7.50. The van der Waals surface area contributed by atoms with Crippen molar-refractivity contribution in [2.45, 2.75) is 38.8 Å². The fourth-order valence-corrected chi connectivity index (χ4v) is 4.00. The number of nitrogens with zero attached hydrogens (tertiary/aromatic N) is 2. The minimum absolute atomic E-state index is 0.0320.